The van der Waals surface area contributed by atoms with Gasteiger partial charge in [-0.15, -0.1) is 0 Å². The molecule has 0 atom stereocenters. The number of carbonyl (C=O) groups excluding carboxylic acids is 1. The number of benzene rings is 2. The first-order valence-corrected chi connectivity index (χ1v) is 7.52. The Bertz CT molecular complexity index is 896. The van der Waals surface area contributed by atoms with E-state index >= 15 is 0 Å². The maximum atomic E-state index is 12.3. The SMILES string of the molecule is C=CCOc1ccccc1C(=O)NN=Cc1c[nH]c2ccccc12. The third-order valence-electron chi connectivity index (χ3n) is 3.48. The van der Waals surface area contributed by atoms with Gasteiger partial charge in [-0.05, 0) is 18.2 Å². The molecule has 3 aromatic rings. The van der Waals surface area contributed by atoms with Gasteiger partial charge in [-0.25, -0.2) is 5.43 Å². The van der Waals surface area contributed by atoms with Crippen LogP contribution in [-0.2, 0) is 0 Å². The molecule has 2 aromatic carbocycles. The van der Waals surface area contributed by atoms with Crippen molar-refractivity contribution in [2.75, 3.05) is 6.61 Å². The van der Waals surface area contributed by atoms with Crippen molar-refractivity contribution in [2.45, 2.75) is 0 Å². The van der Waals surface area contributed by atoms with Crippen molar-refractivity contribution >= 4 is 23.0 Å². The molecule has 1 aromatic heterocycles. The molecule has 0 bridgehead atoms. The van der Waals surface area contributed by atoms with Gasteiger partial charge in [-0.1, -0.05) is 43.0 Å². The van der Waals surface area contributed by atoms with Crippen LogP contribution in [0.4, 0.5) is 0 Å². The van der Waals surface area contributed by atoms with E-state index in [0.29, 0.717) is 17.9 Å². The average molecular weight is 319 g/mol. The van der Waals surface area contributed by atoms with E-state index in [1.54, 1.807) is 30.5 Å². The number of amides is 1. The number of H-pyrrole nitrogens is 1. The summed E-state index contributed by atoms with van der Waals surface area (Å²) in [6.45, 7) is 3.94. The Morgan fingerprint density at radius 1 is 1.21 bits per heavy atom. The molecule has 0 aliphatic rings. The second kappa shape index (κ2) is 7.28. The molecule has 5 nitrogen and oxygen atoms in total. The maximum Gasteiger partial charge on any atom is 0.275 e. The lowest BCUT2D eigenvalue weighted by Gasteiger charge is -2.08. The number of aromatic amines is 1. The highest BCUT2D eigenvalue weighted by atomic mass is 16.5. The first kappa shape index (κ1) is 15.6. The van der Waals surface area contributed by atoms with E-state index in [-0.39, 0.29) is 5.91 Å². The van der Waals surface area contributed by atoms with Crippen molar-refractivity contribution in [1.29, 1.82) is 0 Å². The van der Waals surface area contributed by atoms with Gasteiger partial charge in [0.1, 0.15) is 12.4 Å². The molecule has 0 saturated heterocycles. The van der Waals surface area contributed by atoms with Gasteiger partial charge in [-0.2, -0.15) is 5.10 Å². The zero-order chi connectivity index (χ0) is 16.8. The Morgan fingerprint density at radius 3 is 2.88 bits per heavy atom. The molecule has 0 unspecified atom stereocenters. The lowest BCUT2D eigenvalue weighted by Crippen LogP contribution is -2.18. The summed E-state index contributed by atoms with van der Waals surface area (Å²) in [5.41, 5.74) is 4.88. The number of nitrogens with zero attached hydrogens (tertiary/aromatic N) is 1. The standard InChI is InChI=1S/C19H17N3O2/c1-2-11-24-18-10-6-4-8-16(18)19(23)22-21-13-14-12-20-17-9-5-3-7-15(14)17/h2-10,12-13,20H,1,11H2,(H,22,23). The molecule has 5 heteroatoms. The number of fused-ring (bicyclic) bond motifs is 1. The van der Waals surface area contributed by atoms with Gasteiger partial charge < -0.3 is 9.72 Å². The predicted molar refractivity (Wildman–Crippen MR) is 95.5 cm³/mol. The van der Waals surface area contributed by atoms with E-state index in [0.717, 1.165) is 16.5 Å². The van der Waals surface area contributed by atoms with Gasteiger partial charge in [0.05, 0.1) is 11.8 Å². The molecule has 120 valence electrons. The van der Waals surface area contributed by atoms with Crippen LogP contribution < -0.4 is 10.2 Å². The highest BCUT2D eigenvalue weighted by Crippen LogP contribution is 2.18. The second-order valence-corrected chi connectivity index (χ2v) is 5.08. The number of nitrogens with one attached hydrogen (secondary N) is 2. The quantitative estimate of drug-likeness (QED) is 0.415. The second-order valence-electron chi connectivity index (χ2n) is 5.08. The third kappa shape index (κ3) is 3.35. The Labute approximate surface area is 139 Å². The molecule has 0 spiro atoms. The first-order chi connectivity index (χ1) is 11.8. The number of aromatic nitrogens is 1. The van der Waals surface area contributed by atoms with E-state index in [1.807, 2.05) is 36.5 Å². The predicted octanol–water partition coefficient (Wildman–Crippen LogP) is 3.50. The van der Waals surface area contributed by atoms with E-state index in [2.05, 4.69) is 22.1 Å². The summed E-state index contributed by atoms with van der Waals surface area (Å²) in [5.74, 6) is 0.169. The van der Waals surface area contributed by atoms with Crippen molar-refractivity contribution in [2.24, 2.45) is 5.10 Å². The number of para-hydroxylation sites is 2. The molecular formula is C19H17N3O2. The Balaban J connectivity index is 1.72. The molecule has 1 heterocycles. The van der Waals surface area contributed by atoms with Crippen LogP contribution in [0.1, 0.15) is 15.9 Å². The zero-order valence-electron chi connectivity index (χ0n) is 13.0. The molecule has 2 N–H and O–H groups in total. The Kier molecular flexibility index (Phi) is 4.72. The number of hydrazone groups is 1. The van der Waals surface area contributed by atoms with Gasteiger partial charge in [0.2, 0.25) is 0 Å². The van der Waals surface area contributed by atoms with Crippen LogP contribution in [0, 0.1) is 0 Å². The van der Waals surface area contributed by atoms with Crippen molar-refractivity contribution in [3.8, 4) is 5.75 Å². The monoisotopic (exact) mass is 319 g/mol. The van der Waals surface area contributed by atoms with Crippen LogP contribution in [0.15, 0.2) is 72.5 Å². The molecule has 1 amide bonds. The van der Waals surface area contributed by atoms with Crippen molar-refractivity contribution in [3.63, 3.8) is 0 Å². The molecular weight excluding hydrogens is 302 g/mol. The molecule has 0 radical (unpaired) electrons. The van der Waals surface area contributed by atoms with E-state index < -0.39 is 0 Å². The van der Waals surface area contributed by atoms with Crippen molar-refractivity contribution < 1.29 is 9.53 Å². The lowest BCUT2D eigenvalue weighted by atomic mass is 10.2. The molecule has 24 heavy (non-hydrogen) atoms. The van der Waals surface area contributed by atoms with E-state index in [4.69, 9.17) is 4.74 Å². The Morgan fingerprint density at radius 2 is 2.00 bits per heavy atom. The summed E-state index contributed by atoms with van der Waals surface area (Å²) >= 11 is 0. The first-order valence-electron chi connectivity index (χ1n) is 7.52. The third-order valence-corrected chi connectivity index (χ3v) is 3.48. The molecule has 0 saturated carbocycles. The smallest absolute Gasteiger partial charge is 0.275 e. The fourth-order valence-corrected chi connectivity index (χ4v) is 2.35. The van der Waals surface area contributed by atoms with E-state index in [1.165, 1.54) is 0 Å². The number of rotatable bonds is 6. The van der Waals surface area contributed by atoms with Gasteiger partial charge in [0, 0.05) is 22.7 Å². The number of ether oxygens (including phenoxy) is 1. The van der Waals surface area contributed by atoms with Gasteiger partial charge in [-0.3, -0.25) is 4.79 Å². The minimum atomic E-state index is -0.328. The summed E-state index contributed by atoms with van der Waals surface area (Å²) in [5, 5.41) is 5.09. The summed E-state index contributed by atoms with van der Waals surface area (Å²) < 4.78 is 5.48. The van der Waals surface area contributed by atoms with Crippen LogP contribution in [-0.4, -0.2) is 23.7 Å². The highest BCUT2D eigenvalue weighted by Gasteiger charge is 2.10. The normalized spacial score (nSPS) is 10.8. The van der Waals surface area contributed by atoms with Crippen molar-refractivity contribution in [1.82, 2.24) is 10.4 Å². The van der Waals surface area contributed by atoms with Crippen LogP contribution in [0.3, 0.4) is 0 Å². The Hall–Kier alpha value is -3.34. The van der Waals surface area contributed by atoms with Crippen LogP contribution in [0.25, 0.3) is 10.9 Å². The van der Waals surface area contributed by atoms with Crippen molar-refractivity contribution in [3.05, 3.63) is 78.5 Å². The number of hydrogen-bond acceptors (Lipinski definition) is 3. The number of hydrogen-bond donors (Lipinski definition) is 2. The fraction of sp³-hybridized carbons (Fsp3) is 0.0526. The number of carbonyl (C=O) groups is 1. The summed E-state index contributed by atoms with van der Waals surface area (Å²) in [6.07, 6.45) is 5.09. The summed E-state index contributed by atoms with van der Waals surface area (Å²) in [6, 6.07) is 14.9. The largest absolute Gasteiger partial charge is 0.489 e. The minimum absolute atomic E-state index is 0.328. The molecule has 0 aliphatic carbocycles. The highest BCUT2D eigenvalue weighted by molar-refractivity contribution is 6.00. The lowest BCUT2D eigenvalue weighted by molar-refractivity contribution is 0.0951. The summed E-state index contributed by atoms with van der Waals surface area (Å²) in [7, 11) is 0. The van der Waals surface area contributed by atoms with Crippen LogP contribution in [0.5, 0.6) is 5.75 Å². The van der Waals surface area contributed by atoms with Gasteiger partial charge in [0.25, 0.3) is 5.91 Å². The maximum absolute atomic E-state index is 12.3. The molecule has 3 rings (SSSR count). The van der Waals surface area contributed by atoms with Crippen LogP contribution >= 0.6 is 0 Å². The summed E-state index contributed by atoms with van der Waals surface area (Å²) in [4.78, 5) is 15.4. The zero-order valence-corrected chi connectivity index (χ0v) is 13.0. The fourth-order valence-electron chi connectivity index (χ4n) is 2.35. The van der Waals surface area contributed by atoms with Gasteiger partial charge >= 0.3 is 0 Å². The van der Waals surface area contributed by atoms with E-state index in [9.17, 15) is 4.79 Å². The van der Waals surface area contributed by atoms with Crippen LogP contribution in [0.2, 0.25) is 0 Å². The average Bonchev–Trinajstić information content (AvgIpc) is 3.03. The molecule has 0 fully saturated rings. The van der Waals surface area contributed by atoms with Gasteiger partial charge in [0.15, 0.2) is 0 Å². The topological polar surface area (TPSA) is 66.5 Å². The minimum Gasteiger partial charge on any atom is -0.489 e. The molecule has 0 aliphatic heterocycles.